The molecule has 0 saturated heterocycles. The maximum Gasteiger partial charge on any atom is 0.142 e. The van der Waals surface area contributed by atoms with E-state index in [0.717, 1.165) is 0 Å². The molecule has 1 aromatic carbocycles. The lowest BCUT2D eigenvalue weighted by atomic mass is 10.2. The number of nitrogens with two attached hydrogens (primary N) is 1. The second-order valence-corrected chi connectivity index (χ2v) is 3.09. The topological polar surface area (TPSA) is 59.1 Å². The molecule has 2 rings (SSSR count). The van der Waals surface area contributed by atoms with Gasteiger partial charge in [0.05, 0.1) is 0 Å². The van der Waals surface area contributed by atoms with E-state index >= 15 is 0 Å². The van der Waals surface area contributed by atoms with Gasteiger partial charge in [-0.25, -0.2) is 4.98 Å². The van der Waals surface area contributed by atoms with E-state index in [1.807, 2.05) is 0 Å². The van der Waals surface area contributed by atoms with Crippen molar-refractivity contribution in [2.24, 2.45) is 0 Å². The molecule has 0 radical (unpaired) electrons. The third kappa shape index (κ3) is 1.27. The number of nitrogen functional groups attached to an aromatic ring is 1. The molecule has 0 saturated carbocycles. The van der Waals surface area contributed by atoms with Crippen molar-refractivity contribution in [2.45, 2.75) is 0 Å². The first kappa shape index (κ1) is 8.13. The first-order chi connectivity index (χ1) is 6.18. The molecule has 2 aromatic rings. The van der Waals surface area contributed by atoms with Gasteiger partial charge in [0.15, 0.2) is 0 Å². The summed E-state index contributed by atoms with van der Waals surface area (Å²) >= 11 is 5.68. The van der Waals surface area contributed by atoms with Crippen LogP contribution in [0.15, 0.2) is 24.3 Å². The Kier molecular flexibility index (Phi) is 1.74. The van der Waals surface area contributed by atoms with E-state index in [2.05, 4.69) is 4.98 Å². The molecule has 0 atom stereocenters. The molecular formula is C9H7ClN2O. The highest BCUT2D eigenvalue weighted by Crippen LogP contribution is 2.28. The van der Waals surface area contributed by atoms with E-state index in [1.165, 1.54) is 6.07 Å². The predicted molar refractivity (Wildman–Crippen MR) is 52.8 cm³/mol. The zero-order valence-corrected chi connectivity index (χ0v) is 7.42. The number of hydrogen-bond acceptors (Lipinski definition) is 3. The highest BCUT2D eigenvalue weighted by atomic mass is 35.5. The van der Waals surface area contributed by atoms with E-state index in [9.17, 15) is 5.11 Å². The van der Waals surface area contributed by atoms with Crippen molar-refractivity contribution in [1.29, 1.82) is 0 Å². The Morgan fingerprint density at radius 3 is 2.77 bits per heavy atom. The molecule has 1 aromatic heterocycles. The fourth-order valence-corrected chi connectivity index (χ4v) is 1.35. The summed E-state index contributed by atoms with van der Waals surface area (Å²) < 4.78 is 0. The highest BCUT2D eigenvalue weighted by molar-refractivity contribution is 6.29. The SMILES string of the molecule is Nc1ccc(O)c2nc(Cl)ccc12. The van der Waals surface area contributed by atoms with Gasteiger partial charge < -0.3 is 10.8 Å². The lowest BCUT2D eigenvalue weighted by Gasteiger charge is -2.02. The van der Waals surface area contributed by atoms with E-state index in [4.69, 9.17) is 17.3 Å². The highest BCUT2D eigenvalue weighted by Gasteiger charge is 2.04. The average molecular weight is 195 g/mol. The van der Waals surface area contributed by atoms with Crippen LogP contribution in [0.4, 0.5) is 5.69 Å². The van der Waals surface area contributed by atoms with Gasteiger partial charge >= 0.3 is 0 Å². The Balaban J connectivity index is 2.92. The number of nitrogens with zero attached hydrogens (tertiary/aromatic N) is 1. The standard InChI is InChI=1S/C9H7ClN2O/c10-8-4-1-5-6(11)2-3-7(13)9(5)12-8/h1-4,13H,11H2. The first-order valence-electron chi connectivity index (χ1n) is 3.72. The molecule has 3 nitrogen and oxygen atoms in total. The zero-order chi connectivity index (χ0) is 9.42. The summed E-state index contributed by atoms with van der Waals surface area (Å²) in [5.41, 5.74) is 6.70. The number of phenols is 1. The minimum atomic E-state index is 0.0895. The Bertz CT molecular complexity index is 470. The van der Waals surface area contributed by atoms with Crippen molar-refractivity contribution in [3.8, 4) is 5.75 Å². The quantitative estimate of drug-likeness (QED) is 0.384. The number of aromatic nitrogens is 1. The van der Waals surface area contributed by atoms with Gasteiger partial charge in [-0.15, -0.1) is 0 Å². The summed E-state index contributed by atoms with van der Waals surface area (Å²) in [6.45, 7) is 0. The van der Waals surface area contributed by atoms with Gasteiger partial charge in [-0.05, 0) is 24.3 Å². The van der Waals surface area contributed by atoms with E-state index < -0.39 is 0 Å². The number of fused-ring (bicyclic) bond motifs is 1. The molecule has 0 aliphatic rings. The second-order valence-electron chi connectivity index (χ2n) is 2.70. The second kappa shape index (κ2) is 2.78. The molecule has 1 heterocycles. The van der Waals surface area contributed by atoms with Crippen LogP contribution in [0.2, 0.25) is 5.15 Å². The number of aromatic hydroxyl groups is 1. The van der Waals surface area contributed by atoms with Gasteiger partial charge in [-0.1, -0.05) is 11.6 Å². The summed E-state index contributed by atoms with van der Waals surface area (Å²) in [5, 5.41) is 10.5. The van der Waals surface area contributed by atoms with Crippen molar-refractivity contribution in [2.75, 3.05) is 5.73 Å². The summed E-state index contributed by atoms with van der Waals surface area (Å²) in [7, 11) is 0. The fraction of sp³-hybridized carbons (Fsp3) is 0. The van der Waals surface area contributed by atoms with Crippen LogP contribution in [0.5, 0.6) is 5.75 Å². The van der Waals surface area contributed by atoms with Crippen LogP contribution in [-0.4, -0.2) is 10.1 Å². The minimum absolute atomic E-state index is 0.0895. The maximum absolute atomic E-state index is 9.44. The number of hydrogen-bond donors (Lipinski definition) is 2. The summed E-state index contributed by atoms with van der Waals surface area (Å²) in [4.78, 5) is 3.97. The summed E-state index contributed by atoms with van der Waals surface area (Å²) in [6.07, 6.45) is 0. The smallest absolute Gasteiger partial charge is 0.142 e. The monoisotopic (exact) mass is 194 g/mol. The van der Waals surface area contributed by atoms with Gasteiger partial charge in [-0.3, -0.25) is 0 Å². The van der Waals surface area contributed by atoms with Crippen molar-refractivity contribution in [3.63, 3.8) is 0 Å². The van der Waals surface area contributed by atoms with Gasteiger partial charge in [0.2, 0.25) is 0 Å². The number of benzene rings is 1. The Morgan fingerprint density at radius 2 is 2.00 bits per heavy atom. The van der Waals surface area contributed by atoms with Crippen molar-refractivity contribution in [3.05, 3.63) is 29.4 Å². The fourth-order valence-electron chi connectivity index (χ4n) is 1.20. The molecule has 0 spiro atoms. The van der Waals surface area contributed by atoms with Crippen LogP contribution in [0, 0.1) is 0 Å². The normalized spacial score (nSPS) is 10.5. The minimum Gasteiger partial charge on any atom is -0.506 e. The molecule has 66 valence electrons. The van der Waals surface area contributed by atoms with Gasteiger partial charge in [0.25, 0.3) is 0 Å². The van der Waals surface area contributed by atoms with E-state index in [1.54, 1.807) is 18.2 Å². The molecule has 0 bridgehead atoms. The number of pyridine rings is 1. The summed E-state index contributed by atoms with van der Waals surface area (Å²) in [6, 6.07) is 6.51. The third-order valence-corrected chi connectivity index (χ3v) is 2.05. The Hall–Kier alpha value is -1.48. The Morgan fingerprint density at radius 1 is 1.23 bits per heavy atom. The van der Waals surface area contributed by atoms with Gasteiger partial charge in [-0.2, -0.15) is 0 Å². The predicted octanol–water partition coefficient (Wildman–Crippen LogP) is 2.18. The number of rotatable bonds is 0. The Labute approximate surface area is 79.8 Å². The van der Waals surface area contributed by atoms with E-state index in [0.29, 0.717) is 21.7 Å². The molecular weight excluding hydrogens is 188 g/mol. The number of halogens is 1. The molecule has 4 heteroatoms. The molecule has 3 N–H and O–H groups in total. The average Bonchev–Trinajstić information content (AvgIpc) is 2.12. The zero-order valence-electron chi connectivity index (χ0n) is 6.66. The number of phenolic OH excluding ortho intramolecular Hbond substituents is 1. The van der Waals surface area contributed by atoms with E-state index in [-0.39, 0.29) is 5.75 Å². The molecule has 0 fully saturated rings. The molecule has 0 amide bonds. The summed E-state index contributed by atoms with van der Waals surface area (Å²) in [5.74, 6) is 0.0895. The van der Waals surface area contributed by atoms with Crippen LogP contribution in [0.25, 0.3) is 10.9 Å². The molecule has 13 heavy (non-hydrogen) atoms. The van der Waals surface area contributed by atoms with Crippen LogP contribution in [0.3, 0.4) is 0 Å². The van der Waals surface area contributed by atoms with Crippen LogP contribution in [0.1, 0.15) is 0 Å². The lowest BCUT2D eigenvalue weighted by Crippen LogP contribution is -1.88. The van der Waals surface area contributed by atoms with Crippen molar-refractivity contribution >= 4 is 28.2 Å². The van der Waals surface area contributed by atoms with Crippen molar-refractivity contribution < 1.29 is 5.11 Å². The largest absolute Gasteiger partial charge is 0.506 e. The van der Waals surface area contributed by atoms with Gasteiger partial charge in [0, 0.05) is 11.1 Å². The lowest BCUT2D eigenvalue weighted by molar-refractivity contribution is 0.480. The van der Waals surface area contributed by atoms with Crippen LogP contribution >= 0.6 is 11.6 Å². The molecule has 0 aliphatic carbocycles. The number of anilines is 1. The van der Waals surface area contributed by atoms with Gasteiger partial charge in [0.1, 0.15) is 16.4 Å². The molecule has 0 unspecified atom stereocenters. The maximum atomic E-state index is 9.44. The third-order valence-electron chi connectivity index (χ3n) is 1.84. The van der Waals surface area contributed by atoms with Crippen LogP contribution in [-0.2, 0) is 0 Å². The molecule has 0 aliphatic heterocycles. The first-order valence-corrected chi connectivity index (χ1v) is 4.10. The van der Waals surface area contributed by atoms with Crippen molar-refractivity contribution in [1.82, 2.24) is 4.98 Å². The van der Waals surface area contributed by atoms with Crippen LogP contribution < -0.4 is 5.73 Å².